The smallest absolute Gasteiger partial charge is 0.303 e. The summed E-state index contributed by atoms with van der Waals surface area (Å²) in [6.45, 7) is 0.205. The lowest BCUT2D eigenvalue weighted by Gasteiger charge is -2.06. The highest BCUT2D eigenvalue weighted by Gasteiger charge is 2.18. The maximum Gasteiger partial charge on any atom is 0.303 e. The number of hydrogen-bond donors (Lipinski definition) is 2. The molecule has 0 heterocycles. The van der Waals surface area contributed by atoms with E-state index < -0.39 is 34.9 Å². The topological polar surface area (TPSA) is 66.4 Å². The molecule has 0 aliphatic rings. The van der Waals surface area contributed by atoms with E-state index in [1.165, 1.54) is 0 Å². The third-order valence-electron chi connectivity index (χ3n) is 2.63. The van der Waals surface area contributed by atoms with E-state index in [9.17, 15) is 22.8 Å². The molecule has 0 aliphatic heterocycles. The highest BCUT2D eigenvalue weighted by Crippen LogP contribution is 2.15. The van der Waals surface area contributed by atoms with Crippen LogP contribution < -0.4 is 5.32 Å². The largest absolute Gasteiger partial charge is 0.481 e. The molecule has 1 rings (SSSR count). The summed E-state index contributed by atoms with van der Waals surface area (Å²) in [6.07, 6.45) is 1.63. The van der Waals surface area contributed by atoms with Gasteiger partial charge in [-0.05, 0) is 25.0 Å². The summed E-state index contributed by atoms with van der Waals surface area (Å²) in [5.41, 5.74) is -0.561. The lowest BCUT2D eigenvalue weighted by Crippen LogP contribution is -2.26. The normalized spacial score (nSPS) is 10.3. The SMILES string of the molecule is O=C(O)CCCCCNC(=O)c1ccc(F)c(F)c1F. The van der Waals surface area contributed by atoms with Gasteiger partial charge in [-0.15, -0.1) is 0 Å². The van der Waals surface area contributed by atoms with Gasteiger partial charge in [-0.25, -0.2) is 13.2 Å². The molecule has 1 amide bonds. The highest BCUT2D eigenvalue weighted by atomic mass is 19.2. The molecule has 110 valence electrons. The molecule has 1 aromatic rings. The number of carboxylic acids is 1. The van der Waals surface area contributed by atoms with Crippen LogP contribution >= 0.6 is 0 Å². The van der Waals surface area contributed by atoms with Gasteiger partial charge in [0.2, 0.25) is 0 Å². The number of carbonyl (C=O) groups is 2. The van der Waals surface area contributed by atoms with E-state index in [1.807, 2.05) is 0 Å². The van der Waals surface area contributed by atoms with Crippen LogP contribution in [0.4, 0.5) is 13.2 Å². The maximum atomic E-state index is 13.3. The lowest BCUT2D eigenvalue weighted by atomic mass is 10.1. The second kappa shape index (κ2) is 7.52. The molecule has 0 saturated carbocycles. The molecule has 0 spiro atoms. The Morgan fingerprint density at radius 1 is 1.05 bits per heavy atom. The number of hydrogen-bond acceptors (Lipinski definition) is 2. The predicted molar refractivity (Wildman–Crippen MR) is 64.8 cm³/mol. The number of aliphatic carboxylic acids is 1. The van der Waals surface area contributed by atoms with Crippen molar-refractivity contribution >= 4 is 11.9 Å². The Morgan fingerprint density at radius 2 is 1.75 bits per heavy atom. The van der Waals surface area contributed by atoms with E-state index in [0.29, 0.717) is 25.3 Å². The number of amides is 1. The second-order valence-electron chi connectivity index (χ2n) is 4.18. The van der Waals surface area contributed by atoms with Crippen LogP contribution in [0.3, 0.4) is 0 Å². The zero-order valence-electron chi connectivity index (χ0n) is 10.6. The van der Waals surface area contributed by atoms with Crippen molar-refractivity contribution in [3.8, 4) is 0 Å². The fourth-order valence-electron chi connectivity index (χ4n) is 1.58. The first-order valence-electron chi connectivity index (χ1n) is 6.07. The fraction of sp³-hybridized carbons (Fsp3) is 0.385. The van der Waals surface area contributed by atoms with Crippen LogP contribution in [-0.4, -0.2) is 23.5 Å². The quantitative estimate of drug-likeness (QED) is 0.598. The van der Waals surface area contributed by atoms with Crippen LogP contribution in [0, 0.1) is 17.5 Å². The molecule has 1 aromatic carbocycles. The van der Waals surface area contributed by atoms with Gasteiger partial charge in [0.1, 0.15) is 0 Å². The zero-order chi connectivity index (χ0) is 15.1. The van der Waals surface area contributed by atoms with Gasteiger partial charge in [-0.3, -0.25) is 9.59 Å². The highest BCUT2D eigenvalue weighted by molar-refractivity contribution is 5.94. The summed E-state index contributed by atoms with van der Waals surface area (Å²) in [5.74, 6) is -6.28. The number of benzene rings is 1. The lowest BCUT2D eigenvalue weighted by molar-refractivity contribution is -0.137. The van der Waals surface area contributed by atoms with Gasteiger partial charge in [0.05, 0.1) is 5.56 Å². The average Bonchev–Trinajstić information content (AvgIpc) is 2.39. The number of nitrogens with one attached hydrogen (secondary N) is 1. The molecule has 20 heavy (non-hydrogen) atoms. The van der Waals surface area contributed by atoms with Crippen LogP contribution in [0.2, 0.25) is 0 Å². The van der Waals surface area contributed by atoms with Crippen LogP contribution in [0.5, 0.6) is 0 Å². The Bertz CT molecular complexity index is 506. The van der Waals surface area contributed by atoms with E-state index in [4.69, 9.17) is 5.11 Å². The van der Waals surface area contributed by atoms with Crippen molar-refractivity contribution in [2.45, 2.75) is 25.7 Å². The van der Waals surface area contributed by atoms with Gasteiger partial charge >= 0.3 is 5.97 Å². The molecule has 0 atom stereocenters. The van der Waals surface area contributed by atoms with Crippen molar-refractivity contribution in [2.75, 3.05) is 6.54 Å². The van der Waals surface area contributed by atoms with Gasteiger partial charge < -0.3 is 10.4 Å². The third kappa shape index (κ3) is 4.56. The number of unbranched alkanes of at least 4 members (excludes halogenated alkanes) is 2. The van der Waals surface area contributed by atoms with Crippen molar-refractivity contribution in [1.29, 1.82) is 0 Å². The van der Waals surface area contributed by atoms with Gasteiger partial charge in [-0.1, -0.05) is 6.42 Å². The first-order chi connectivity index (χ1) is 9.43. The zero-order valence-corrected chi connectivity index (χ0v) is 10.6. The molecule has 0 unspecified atom stereocenters. The summed E-state index contributed by atoms with van der Waals surface area (Å²) in [7, 11) is 0. The Morgan fingerprint density at radius 3 is 2.40 bits per heavy atom. The number of rotatable bonds is 7. The van der Waals surface area contributed by atoms with Gasteiger partial charge in [0, 0.05) is 13.0 Å². The molecule has 7 heteroatoms. The molecule has 0 fully saturated rings. The van der Waals surface area contributed by atoms with Crippen molar-refractivity contribution in [3.63, 3.8) is 0 Å². The third-order valence-corrected chi connectivity index (χ3v) is 2.63. The standard InChI is InChI=1S/C13H14F3NO3/c14-9-6-5-8(11(15)12(9)16)13(20)17-7-3-1-2-4-10(18)19/h5-6H,1-4,7H2,(H,17,20)(H,18,19). The van der Waals surface area contributed by atoms with Crippen LogP contribution in [-0.2, 0) is 4.79 Å². The Balaban J connectivity index is 2.40. The van der Waals surface area contributed by atoms with Crippen molar-refractivity contribution in [2.24, 2.45) is 0 Å². The molecule has 4 nitrogen and oxygen atoms in total. The van der Waals surface area contributed by atoms with Crippen molar-refractivity contribution in [3.05, 3.63) is 35.1 Å². The molecule has 0 radical (unpaired) electrons. The van der Waals surface area contributed by atoms with Gasteiger partial charge in [0.25, 0.3) is 5.91 Å². The number of carbonyl (C=O) groups excluding carboxylic acids is 1. The second-order valence-corrected chi connectivity index (χ2v) is 4.18. The molecule has 0 saturated heterocycles. The summed E-state index contributed by atoms with van der Waals surface area (Å²) in [4.78, 5) is 21.8. The monoisotopic (exact) mass is 289 g/mol. The maximum absolute atomic E-state index is 13.3. The number of carboxylic acid groups (broad SMARTS) is 1. The molecular formula is C13H14F3NO3. The molecule has 0 bridgehead atoms. The summed E-state index contributed by atoms with van der Waals surface area (Å²) in [5, 5.41) is 10.8. The van der Waals surface area contributed by atoms with Crippen molar-refractivity contribution in [1.82, 2.24) is 5.32 Å². The van der Waals surface area contributed by atoms with E-state index >= 15 is 0 Å². The molecule has 0 aliphatic carbocycles. The van der Waals surface area contributed by atoms with Gasteiger partial charge in [-0.2, -0.15) is 0 Å². The first kappa shape index (κ1) is 16.0. The van der Waals surface area contributed by atoms with E-state index in [0.717, 1.165) is 6.07 Å². The van der Waals surface area contributed by atoms with Crippen LogP contribution in [0.15, 0.2) is 12.1 Å². The summed E-state index contributed by atoms with van der Waals surface area (Å²) >= 11 is 0. The Kier molecular flexibility index (Phi) is 6.02. The Hall–Kier alpha value is -2.05. The van der Waals surface area contributed by atoms with E-state index in [1.54, 1.807) is 0 Å². The first-order valence-corrected chi connectivity index (χ1v) is 6.07. The average molecular weight is 289 g/mol. The van der Waals surface area contributed by atoms with Crippen LogP contribution in [0.25, 0.3) is 0 Å². The van der Waals surface area contributed by atoms with Crippen LogP contribution in [0.1, 0.15) is 36.0 Å². The minimum atomic E-state index is -1.68. The summed E-state index contributed by atoms with van der Waals surface area (Å²) < 4.78 is 38.9. The van der Waals surface area contributed by atoms with Gasteiger partial charge in [0.15, 0.2) is 17.5 Å². The van der Waals surface area contributed by atoms with E-state index in [-0.39, 0.29) is 13.0 Å². The predicted octanol–water partition coefficient (Wildman–Crippen LogP) is 2.48. The minimum Gasteiger partial charge on any atom is -0.481 e. The Labute approximate surface area is 113 Å². The fourth-order valence-corrected chi connectivity index (χ4v) is 1.58. The van der Waals surface area contributed by atoms with E-state index in [2.05, 4.69) is 5.32 Å². The van der Waals surface area contributed by atoms with Crippen molar-refractivity contribution < 1.29 is 27.9 Å². The summed E-state index contributed by atoms with van der Waals surface area (Å²) in [6, 6.07) is 1.55. The minimum absolute atomic E-state index is 0.0474. The molecule has 0 aromatic heterocycles. The number of halogens is 3. The molecule has 2 N–H and O–H groups in total. The molecular weight excluding hydrogens is 275 g/mol.